The van der Waals surface area contributed by atoms with Crippen molar-refractivity contribution in [2.24, 2.45) is 0 Å². The average molecular weight is 391 g/mol. The maximum absolute atomic E-state index is 12.5. The highest BCUT2D eigenvalue weighted by atomic mass is 32.1. The van der Waals surface area contributed by atoms with Gasteiger partial charge in [-0.25, -0.2) is 0 Å². The predicted molar refractivity (Wildman–Crippen MR) is 101 cm³/mol. The van der Waals surface area contributed by atoms with Gasteiger partial charge in [0.05, 0.1) is 24.1 Å². The summed E-state index contributed by atoms with van der Waals surface area (Å²) in [7, 11) is 0. The summed E-state index contributed by atoms with van der Waals surface area (Å²) in [6.07, 6.45) is 0.503. The number of carbonyl (C=O) groups is 1. The van der Waals surface area contributed by atoms with Crippen LogP contribution < -0.4 is 5.32 Å². The number of rotatable bonds is 5. The fourth-order valence-electron chi connectivity index (χ4n) is 3.52. The number of hydrogen-bond acceptors (Lipinski definition) is 8. The maximum Gasteiger partial charge on any atom is 0.244 e. The molecule has 2 atom stereocenters. The molecule has 4 rings (SSSR count). The van der Waals surface area contributed by atoms with E-state index in [-0.39, 0.29) is 18.0 Å². The van der Waals surface area contributed by atoms with Gasteiger partial charge in [-0.3, -0.25) is 9.69 Å². The molecule has 146 valence electrons. The number of ether oxygens (including phenoxy) is 1. The van der Waals surface area contributed by atoms with E-state index in [9.17, 15) is 4.79 Å². The van der Waals surface area contributed by atoms with Gasteiger partial charge in [0.2, 0.25) is 17.6 Å². The molecule has 2 aliphatic heterocycles. The summed E-state index contributed by atoms with van der Waals surface area (Å²) in [6.45, 7) is 7.30. The standard InChI is InChI=1S/C18H25N5O3S/c1-13(18-20-17(21-26-18)15-3-2-10-27-15)22-5-7-23(8-6-22)16(24)11-14-12-25-9-4-19-14/h2-3,10,13-14,19H,4-9,11-12H2,1H3. The number of nitrogens with zero attached hydrogens (tertiary/aromatic N) is 4. The number of morpholine rings is 1. The van der Waals surface area contributed by atoms with Crippen LogP contribution in [0.15, 0.2) is 22.0 Å². The van der Waals surface area contributed by atoms with E-state index in [1.165, 1.54) is 0 Å². The maximum atomic E-state index is 12.5. The summed E-state index contributed by atoms with van der Waals surface area (Å²) in [5, 5.41) is 9.44. The summed E-state index contributed by atoms with van der Waals surface area (Å²) in [4.78, 5) is 22.3. The Morgan fingerprint density at radius 2 is 2.26 bits per heavy atom. The number of amides is 1. The zero-order valence-electron chi connectivity index (χ0n) is 15.5. The minimum atomic E-state index is 0.0388. The van der Waals surface area contributed by atoms with Gasteiger partial charge in [-0.2, -0.15) is 4.98 Å². The molecule has 2 aromatic rings. The van der Waals surface area contributed by atoms with Crippen molar-refractivity contribution in [1.82, 2.24) is 25.3 Å². The fourth-order valence-corrected chi connectivity index (χ4v) is 4.17. The number of thiophene rings is 1. The third-order valence-corrected chi connectivity index (χ3v) is 6.04. The normalized spacial score (nSPS) is 22.7. The number of nitrogens with one attached hydrogen (secondary N) is 1. The molecule has 0 radical (unpaired) electrons. The van der Waals surface area contributed by atoms with Crippen LogP contribution in [0, 0.1) is 0 Å². The van der Waals surface area contributed by atoms with Crippen LogP contribution in [0.1, 0.15) is 25.3 Å². The van der Waals surface area contributed by atoms with E-state index >= 15 is 0 Å². The largest absolute Gasteiger partial charge is 0.378 e. The summed E-state index contributed by atoms with van der Waals surface area (Å²) >= 11 is 1.60. The van der Waals surface area contributed by atoms with Crippen molar-refractivity contribution in [2.45, 2.75) is 25.4 Å². The van der Waals surface area contributed by atoms with Crippen molar-refractivity contribution in [3.63, 3.8) is 0 Å². The summed E-state index contributed by atoms with van der Waals surface area (Å²) in [6, 6.07) is 4.14. The lowest BCUT2D eigenvalue weighted by atomic mass is 10.1. The molecule has 0 aromatic carbocycles. The number of carbonyl (C=O) groups excluding carboxylic acids is 1. The van der Waals surface area contributed by atoms with Crippen molar-refractivity contribution >= 4 is 17.2 Å². The Morgan fingerprint density at radius 1 is 1.41 bits per heavy atom. The minimum absolute atomic E-state index is 0.0388. The lowest BCUT2D eigenvalue weighted by molar-refractivity contribution is -0.134. The van der Waals surface area contributed by atoms with E-state index in [2.05, 4.69) is 27.3 Å². The van der Waals surface area contributed by atoms with Crippen molar-refractivity contribution in [1.29, 1.82) is 0 Å². The van der Waals surface area contributed by atoms with E-state index in [0.29, 0.717) is 24.7 Å². The Kier molecular flexibility index (Phi) is 5.82. The molecule has 0 aliphatic carbocycles. The Labute approximate surface area is 162 Å². The minimum Gasteiger partial charge on any atom is -0.378 e. The van der Waals surface area contributed by atoms with Crippen molar-refractivity contribution in [3.05, 3.63) is 23.4 Å². The molecule has 2 saturated heterocycles. The molecule has 2 fully saturated rings. The van der Waals surface area contributed by atoms with Gasteiger partial charge in [-0.15, -0.1) is 11.3 Å². The van der Waals surface area contributed by atoms with Crippen LogP contribution in [0.5, 0.6) is 0 Å². The van der Waals surface area contributed by atoms with Crippen molar-refractivity contribution in [3.8, 4) is 10.7 Å². The van der Waals surface area contributed by atoms with E-state index in [1.807, 2.05) is 22.4 Å². The van der Waals surface area contributed by atoms with E-state index in [4.69, 9.17) is 9.26 Å². The van der Waals surface area contributed by atoms with Gasteiger partial charge in [0.1, 0.15) is 0 Å². The summed E-state index contributed by atoms with van der Waals surface area (Å²) in [5.74, 6) is 1.47. The highest BCUT2D eigenvalue weighted by Crippen LogP contribution is 2.26. The summed E-state index contributed by atoms with van der Waals surface area (Å²) < 4.78 is 10.9. The van der Waals surface area contributed by atoms with Gasteiger partial charge in [-0.1, -0.05) is 11.2 Å². The number of piperazine rings is 1. The predicted octanol–water partition coefficient (Wildman–Crippen LogP) is 1.38. The third kappa shape index (κ3) is 4.37. The molecule has 9 heteroatoms. The van der Waals surface area contributed by atoms with Gasteiger partial charge in [0.15, 0.2) is 0 Å². The monoisotopic (exact) mass is 391 g/mol. The molecule has 0 bridgehead atoms. The molecule has 1 amide bonds. The first-order valence-electron chi connectivity index (χ1n) is 9.41. The van der Waals surface area contributed by atoms with Crippen LogP contribution >= 0.6 is 11.3 Å². The lowest BCUT2D eigenvalue weighted by Gasteiger charge is -2.37. The molecule has 2 aliphatic rings. The molecular weight excluding hydrogens is 366 g/mol. The quantitative estimate of drug-likeness (QED) is 0.824. The first-order valence-corrected chi connectivity index (χ1v) is 10.3. The van der Waals surface area contributed by atoms with Crippen LogP contribution in [0.4, 0.5) is 0 Å². The van der Waals surface area contributed by atoms with Crippen LogP contribution in [0.2, 0.25) is 0 Å². The van der Waals surface area contributed by atoms with Gasteiger partial charge in [0.25, 0.3) is 0 Å². The number of aromatic nitrogens is 2. The zero-order chi connectivity index (χ0) is 18.6. The molecule has 4 heterocycles. The van der Waals surface area contributed by atoms with Gasteiger partial charge in [0, 0.05) is 45.2 Å². The molecule has 1 N–H and O–H groups in total. The Hall–Kier alpha value is -1.81. The molecule has 27 heavy (non-hydrogen) atoms. The Balaban J connectivity index is 1.29. The third-order valence-electron chi connectivity index (χ3n) is 5.17. The second-order valence-electron chi connectivity index (χ2n) is 6.96. The van der Waals surface area contributed by atoms with Crippen molar-refractivity contribution in [2.75, 3.05) is 45.9 Å². The topological polar surface area (TPSA) is 83.7 Å². The first kappa shape index (κ1) is 18.5. The highest BCUT2D eigenvalue weighted by molar-refractivity contribution is 7.13. The Bertz CT molecular complexity index is 736. The highest BCUT2D eigenvalue weighted by Gasteiger charge is 2.29. The molecule has 0 spiro atoms. The average Bonchev–Trinajstić information content (AvgIpc) is 3.40. The van der Waals surface area contributed by atoms with Crippen LogP contribution in [-0.4, -0.2) is 77.8 Å². The fraction of sp³-hybridized carbons (Fsp3) is 0.611. The smallest absolute Gasteiger partial charge is 0.244 e. The zero-order valence-corrected chi connectivity index (χ0v) is 16.3. The van der Waals surface area contributed by atoms with Gasteiger partial charge < -0.3 is 19.5 Å². The number of hydrogen-bond donors (Lipinski definition) is 1. The van der Waals surface area contributed by atoms with E-state index in [0.717, 1.165) is 44.2 Å². The molecule has 0 saturated carbocycles. The van der Waals surface area contributed by atoms with Crippen LogP contribution in [0.25, 0.3) is 10.7 Å². The van der Waals surface area contributed by atoms with E-state index in [1.54, 1.807) is 11.3 Å². The molecule has 2 unspecified atom stereocenters. The van der Waals surface area contributed by atoms with Gasteiger partial charge in [-0.05, 0) is 18.4 Å². The molecular formula is C18H25N5O3S. The second kappa shape index (κ2) is 8.47. The molecule has 2 aromatic heterocycles. The first-order chi connectivity index (χ1) is 13.2. The SMILES string of the molecule is CC(c1nc(-c2cccs2)no1)N1CCN(C(=O)CC2COCCN2)CC1. The second-order valence-corrected chi connectivity index (χ2v) is 7.90. The van der Waals surface area contributed by atoms with Crippen molar-refractivity contribution < 1.29 is 14.1 Å². The van der Waals surface area contributed by atoms with Crippen LogP contribution in [-0.2, 0) is 9.53 Å². The van der Waals surface area contributed by atoms with Crippen LogP contribution in [0.3, 0.4) is 0 Å². The molecule has 8 nitrogen and oxygen atoms in total. The Morgan fingerprint density at radius 3 is 2.96 bits per heavy atom. The summed E-state index contributed by atoms with van der Waals surface area (Å²) in [5.41, 5.74) is 0. The van der Waals surface area contributed by atoms with Gasteiger partial charge >= 0.3 is 0 Å². The van der Waals surface area contributed by atoms with E-state index < -0.39 is 0 Å². The lowest BCUT2D eigenvalue weighted by Crippen LogP contribution is -2.51.